The molecule has 180 valence electrons. The molecule has 37 heavy (non-hydrogen) atoms. The molecule has 0 N–H and O–H groups in total. The molecule has 4 heteroatoms. The van der Waals surface area contributed by atoms with Crippen molar-refractivity contribution in [1.82, 2.24) is 9.55 Å². The van der Waals surface area contributed by atoms with Gasteiger partial charge < -0.3 is 9.30 Å². The number of para-hydroxylation sites is 1. The van der Waals surface area contributed by atoms with E-state index in [1.54, 1.807) is 6.07 Å². The van der Waals surface area contributed by atoms with Crippen molar-refractivity contribution in [2.45, 2.75) is 12.5 Å². The van der Waals surface area contributed by atoms with Gasteiger partial charge in [0.25, 0.3) is 0 Å². The van der Waals surface area contributed by atoms with Crippen molar-refractivity contribution < 1.29 is 9.53 Å². The van der Waals surface area contributed by atoms with Gasteiger partial charge in [0, 0.05) is 11.3 Å². The van der Waals surface area contributed by atoms with Crippen LogP contribution in [0.5, 0.6) is 5.75 Å². The molecule has 0 atom stereocenters. The molecule has 0 amide bonds. The maximum Gasteiger partial charge on any atom is 0.196 e. The summed E-state index contributed by atoms with van der Waals surface area (Å²) in [4.78, 5) is 18.0. The average molecular weight is 483 g/mol. The molecule has 1 aliphatic heterocycles. The molecule has 1 aliphatic rings. The van der Waals surface area contributed by atoms with Crippen LogP contribution in [0.25, 0.3) is 6.08 Å². The topological polar surface area (TPSA) is 44.1 Å². The van der Waals surface area contributed by atoms with Crippen LogP contribution in [0.15, 0.2) is 127 Å². The number of hydrogen-bond donors (Lipinski definition) is 0. The molecule has 0 bridgehead atoms. The van der Waals surface area contributed by atoms with E-state index < -0.39 is 5.54 Å². The maximum absolute atomic E-state index is 13.2. The zero-order chi connectivity index (χ0) is 25.2. The van der Waals surface area contributed by atoms with Gasteiger partial charge in [0.1, 0.15) is 17.9 Å². The highest BCUT2D eigenvalue weighted by Crippen LogP contribution is 2.42. The third-order valence-electron chi connectivity index (χ3n) is 7.10. The predicted molar refractivity (Wildman–Crippen MR) is 146 cm³/mol. The predicted octanol–water partition coefficient (Wildman–Crippen LogP) is 6.69. The lowest BCUT2D eigenvalue weighted by molar-refractivity contribution is 0.100. The van der Waals surface area contributed by atoms with Crippen LogP contribution in [0.3, 0.4) is 0 Å². The molecule has 2 heterocycles. The highest BCUT2D eigenvalue weighted by Gasteiger charge is 2.39. The van der Waals surface area contributed by atoms with E-state index in [0.717, 1.165) is 28.1 Å². The van der Waals surface area contributed by atoms with E-state index in [4.69, 9.17) is 9.72 Å². The Morgan fingerprint density at radius 2 is 1.27 bits per heavy atom. The van der Waals surface area contributed by atoms with Crippen LogP contribution < -0.4 is 4.74 Å². The van der Waals surface area contributed by atoms with Crippen molar-refractivity contribution in [2.75, 3.05) is 6.61 Å². The van der Waals surface area contributed by atoms with Gasteiger partial charge in [-0.05, 0) is 41.8 Å². The lowest BCUT2D eigenvalue weighted by Crippen LogP contribution is -2.38. The fourth-order valence-electron chi connectivity index (χ4n) is 5.30. The second-order valence-electron chi connectivity index (χ2n) is 9.18. The molecule has 0 aliphatic carbocycles. The first-order chi connectivity index (χ1) is 18.2. The number of Topliss-reactive ketones (excluding diaryl/α,β-unsaturated/α-hetero) is 1. The SMILES string of the molecule is Cc1c(/C=C2\COc3ccccc3C2=O)ncn1C(c1ccccc1)(c1ccccc1)c1ccccc1. The Balaban J connectivity index is 1.56. The number of fused-ring (bicyclic) bond motifs is 1. The average Bonchev–Trinajstić information content (AvgIpc) is 3.32. The number of benzene rings is 4. The van der Waals surface area contributed by atoms with Crippen LogP contribution in [-0.4, -0.2) is 21.9 Å². The van der Waals surface area contributed by atoms with Gasteiger partial charge >= 0.3 is 0 Å². The van der Waals surface area contributed by atoms with Crippen molar-refractivity contribution in [3.63, 3.8) is 0 Å². The Kier molecular flexibility index (Phi) is 5.78. The molecule has 1 aromatic heterocycles. The third-order valence-corrected chi connectivity index (χ3v) is 7.10. The van der Waals surface area contributed by atoms with Crippen LogP contribution in [0, 0.1) is 6.92 Å². The number of hydrogen-bond acceptors (Lipinski definition) is 3. The maximum atomic E-state index is 13.2. The quantitative estimate of drug-likeness (QED) is 0.207. The molecular formula is C33H26N2O2. The van der Waals surface area contributed by atoms with E-state index >= 15 is 0 Å². The number of aromatic nitrogens is 2. The molecule has 4 nitrogen and oxygen atoms in total. The van der Waals surface area contributed by atoms with Crippen LogP contribution in [-0.2, 0) is 5.54 Å². The lowest BCUT2D eigenvalue weighted by Gasteiger charge is -2.38. The molecule has 0 radical (unpaired) electrons. The van der Waals surface area contributed by atoms with Crippen LogP contribution >= 0.6 is 0 Å². The molecule has 0 spiro atoms. The fourth-order valence-corrected chi connectivity index (χ4v) is 5.30. The molecule has 0 saturated carbocycles. The zero-order valence-electron chi connectivity index (χ0n) is 20.5. The Hall–Kier alpha value is -4.70. The highest BCUT2D eigenvalue weighted by atomic mass is 16.5. The van der Waals surface area contributed by atoms with Gasteiger partial charge in [0.2, 0.25) is 0 Å². The van der Waals surface area contributed by atoms with Gasteiger partial charge in [-0.25, -0.2) is 4.98 Å². The fraction of sp³-hybridized carbons (Fsp3) is 0.0909. The normalized spacial score (nSPS) is 14.3. The lowest BCUT2D eigenvalue weighted by atomic mass is 9.76. The summed E-state index contributed by atoms with van der Waals surface area (Å²) < 4.78 is 8.10. The molecule has 0 unspecified atom stereocenters. The first-order valence-corrected chi connectivity index (χ1v) is 12.4. The molecular weight excluding hydrogens is 456 g/mol. The first kappa shape index (κ1) is 22.7. The number of imidazole rings is 1. The van der Waals surface area contributed by atoms with Crippen molar-refractivity contribution in [3.05, 3.63) is 161 Å². The first-order valence-electron chi connectivity index (χ1n) is 12.4. The summed E-state index contributed by atoms with van der Waals surface area (Å²) in [5.41, 5.74) is 5.60. The zero-order valence-corrected chi connectivity index (χ0v) is 20.5. The minimum atomic E-state index is -0.655. The Bertz CT molecular complexity index is 1490. The standard InChI is InChI=1S/C33H26N2O2/c1-24-30(21-25-22-37-31-20-12-11-19-29(31)32(25)36)34-23-35(24)33(26-13-5-2-6-14-26,27-15-7-3-8-16-27)28-17-9-4-10-18-28/h2-21,23H,22H2,1H3/b25-21+. The highest BCUT2D eigenvalue weighted by molar-refractivity contribution is 6.14. The molecule has 6 rings (SSSR count). The number of ether oxygens (including phenoxy) is 1. The Morgan fingerprint density at radius 3 is 1.84 bits per heavy atom. The van der Waals surface area contributed by atoms with Gasteiger partial charge in [-0.3, -0.25) is 4.79 Å². The largest absolute Gasteiger partial charge is 0.488 e. The second kappa shape index (κ2) is 9.40. The number of carbonyl (C=O) groups excluding carboxylic acids is 1. The summed E-state index contributed by atoms with van der Waals surface area (Å²) >= 11 is 0. The molecule has 0 saturated heterocycles. The third kappa shape index (κ3) is 3.78. The van der Waals surface area contributed by atoms with E-state index in [9.17, 15) is 4.79 Å². The summed E-state index contributed by atoms with van der Waals surface area (Å²) in [6.07, 6.45) is 3.76. The molecule has 0 fully saturated rings. The van der Waals surface area contributed by atoms with Gasteiger partial charge in [0.15, 0.2) is 5.78 Å². The van der Waals surface area contributed by atoms with Gasteiger partial charge in [-0.1, -0.05) is 103 Å². The van der Waals surface area contributed by atoms with Crippen molar-refractivity contribution in [1.29, 1.82) is 0 Å². The minimum absolute atomic E-state index is 0.0174. The van der Waals surface area contributed by atoms with Crippen molar-refractivity contribution >= 4 is 11.9 Å². The number of nitrogens with zero attached hydrogens (tertiary/aromatic N) is 2. The summed E-state index contributed by atoms with van der Waals surface area (Å²) in [7, 11) is 0. The number of carbonyl (C=O) groups is 1. The van der Waals surface area contributed by atoms with E-state index in [2.05, 4.69) is 84.3 Å². The number of ketones is 1. The number of rotatable bonds is 5. The molecule has 5 aromatic rings. The summed E-state index contributed by atoms with van der Waals surface area (Å²) in [6.45, 7) is 2.29. The van der Waals surface area contributed by atoms with E-state index in [0.29, 0.717) is 16.9 Å². The Labute approximate surface area is 216 Å². The van der Waals surface area contributed by atoms with E-state index in [1.165, 1.54) is 0 Å². The smallest absolute Gasteiger partial charge is 0.196 e. The monoisotopic (exact) mass is 482 g/mol. The van der Waals surface area contributed by atoms with Crippen molar-refractivity contribution in [2.24, 2.45) is 0 Å². The summed E-state index contributed by atoms with van der Waals surface area (Å²) in [5.74, 6) is 0.611. The van der Waals surface area contributed by atoms with Crippen LogP contribution in [0.4, 0.5) is 0 Å². The Morgan fingerprint density at radius 1 is 0.757 bits per heavy atom. The van der Waals surface area contributed by atoms with Crippen LogP contribution in [0.1, 0.15) is 38.4 Å². The van der Waals surface area contributed by atoms with Crippen LogP contribution in [0.2, 0.25) is 0 Å². The minimum Gasteiger partial charge on any atom is -0.488 e. The van der Waals surface area contributed by atoms with E-state index in [-0.39, 0.29) is 12.4 Å². The second-order valence-corrected chi connectivity index (χ2v) is 9.18. The summed E-state index contributed by atoms with van der Waals surface area (Å²) in [5, 5.41) is 0. The van der Waals surface area contributed by atoms with E-state index in [1.807, 2.05) is 48.8 Å². The molecule has 4 aromatic carbocycles. The van der Waals surface area contributed by atoms with Gasteiger partial charge in [0.05, 0.1) is 17.6 Å². The van der Waals surface area contributed by atoms with Gasteiger partial charge in [-0.2, -0.15) is 0 Å². The summed E-state index contributed by atoms with van der Waals surface area (Å²) in [6, 6.07) is 38.9. The van der Waals surface area contributed by atoms with Crippen molar-refractivity contribution in [3.8, 4) is 5.75 Å². The van der Waals surface area contributed by atoms with Gasteiger partial charge in [-0.15, -0.1) is 0 Å².